The summed E-state index contributed by atoms with van der Waals surface area (Å²) in [5, 5.41) is 7.88. The summed E-state index contributed by atoms with van der Waals surface area (Å²) in [4.78, 5) is 4.70. The maximum atomic E-state index is 13.1. The van der Waals surface area contributed by atoms with Gasteiger partial charge in [0.1, 0.15) is 10.6 Å². The van der Waals surface area contributed by atoms with E-state index in [2.05, 4.69) is 15.3 Å². The second-order valence-corrected chi connectivity index (χ2v) is 9.55. The minimum Gasteiger partial charge on any atom is -0.360 e. The molecule has 2 aliphatic rings. The van der Waals surface area contributed by atoms with Gasteiger partial charge in [0.05, 0.1) is 11.5 Å². The van der Waals surface area contributed by atoms with Crippen molar-refractivity contribution >= 4 is 10.0 Å². The Kier molecular flexibility index (Phi) is 4.59. The molecule has 0 aromatic carbocycles. The van der Waals surface area contributed by atoms with E-state index >= 15 is 0 Å². The van der Waals surface area contributed by atoms with E-state index in [0.717, 1.165) is 38.5 Å². The summed E-state index contributed by atoms with van der Waals surface area (Å²) < 4.78 is 38.1. The van der Waals surface area contributed by atoms with Crippen LogP contribution in [-0.4, -0.2) is 41.1 Å². The highest BCUT2D eigenvalue weighted by molar-refractivity contribution is 7.89. The fourth-order valence-corrected chi connectivity index (χ4v) is 5.98. The normalized spacial score (nSPS) is 23.7. The lowest BCUT2D eigenvalue weighted by molar-refractivity contribution is 0.263. The van der Waals surface area contributed by atoms with Crippen molar-refractivity contribution in [1.29, 1.82) is 0 Å². The summed E-state index contributed by atoms with van der Waals surface area (Å²) in [6, 6.07) is 0. The highest BCUT2D eigenvalue weighted by atomic mass is 32.2. The van der Waals surface area contributed by atoms with E-state index < -0.39 is 15.6 Å². The maximum Gasteiger partial charge on any atom is 0.248 e. The van der Waals surface area contributed by atoms with Gasteiger partial charge in [-0.25, -0.2) is 8.42 Å². The van der Waals surface area contributed by atoms with E-state index in [1.54, 1.807) is 13.8 Å². The van der Waals surface area contributed by atoms with E-state index in [1.807, 2.05) is 0 Å². The van der Waals surface area contributed by atoms with Crippen LogP contribution in [0, 0.1) is 13.8 Å². The second-order valence-electron chi connectivity index (χ2n) is 7.67. The molecule has 9 nitrogen and oxygen atoms in total. The number of nitrogens with two attached hydrogens (primary N) is 1. The molecule has 0 radical (unpaired) electrons. The van der Waals surface area contributed by atoms with Crippen molar-refractivity contribution in [3.8, 4) is 0 Å². The van der Waals surface area contributed by atoms with Crippen LogP contribution >= 0.6 is 0 Å². The fraction of sp³-hybridized carbons (Fsp3) is 0.706. The standard InChI is InChI=1S/C17H25N5O4S/c1-11-14(12(2)25-20-11)27(23,24)22-9-5-6-13(10-22)15-19-16(21-26-15)17(18)7-3-4-8-17/h13H,3-10,18H2,1-2H3. The first-order valence-corrected chi connectivity index (χ1v) is 10.8. The summed E-state index contributed by atoms with van der Waals surface area (Å²) in [7, 11) is -3.68. The molecule has 2 aromatic rings. The van der Waals surface area contributed by atoms with Crippen molar-refractivity contribution in [3.63, 3.8) is 0 Å². The van der Waals surface area contributed by atoms with Crippen LogP contribution in [0.2, 0.25) is 0 Å². The van der Waals surface area contributed by atoms with Crippen molar-refractivity contribution in [1.82, 2.24) is 19.6 Å². The molecule has 2 N–H and O–H groups in total. The molecule has 0 spiro atoms. The third-order valence-electron chi connectivity index (χ3n) is 5.68. The zero-order valence-electron chi connectivity index (χ0n) is 15.6. The van der Waals surface area contributed by atoms with Gasteiger partial charge in [0.2, 0.25) is 15.9 Å². The Bertz CT molecular complexity index is 910. The molecule has 1 aliphatic carbocycles. The SMILES string of the molecule is Cc1noc(C)c1S(=O)(=O)N1CCCC(c2nc(C3(N)CCCC3)no2)C1. The van der Waals surface area contributed by atoms with Crippen molar-refractivity contribution in [3.05, 3.63) is 23.2 Å². The molecular weight excluding hydrogens is 370 g/mol. The lowest BCUT2D eigenvalue weighted by Crippen LogP contribution is -2.39. The quantitative estimate of drug-likeness (QED) is 0.832. The molecule has 1 saturated carbocycles. The number of sulfonamides is 1. The molecule has 1 atom stereocenters. The Morgan fingerprint density at radius 3 is 2.56 bits per heavy atom. The van der Waals surface area contributed by atoms with Gasteiger partial charge >= 0.3 is 0 Å². The molecule has 4 rings (SSSR count). The molecule has 1 saturated heterocycles. The third-order valence-corrected chi connectivity index (χ3v) is 7.79. The zero-order chi connectivity index (χ0) is 19.2. The smallest absolute Gasteiger partial charge is 0.248 e. The molecule has 10 heteroatoms. The van der Waals surface area contributed by atoms with Crippen molar-refractivity contribution in [2.45, 2.75) is 68.7 Å². The van der Waals surface area contributed by atoms with E-state index in [4.69, 9.17) is 14.8 Å². The zero-order valence-corrected chi connectivity index (χ0v) is 16.5. The van der Waals surface area contributed by atoms with E-state index in [9.17, 15) is 8.42 Å². The monoisotopic (exact) mass is 395 g/mol. The molecule has 1 unspecified atom stereocenters. The largest absolute Gasteiger partial charge is 0.360 e. The number of rotatable bonds is 4. The van der Waals surface area contributed by atoms with E-state index in [0.29, 0.717) is 36.3 Å². The number of piperidine rings is 1. The van der Waals surface area contributed by atoms with Crippen LogP contribution in [-0.2, 0) is 15.6 Å². The lowest BCUT2D eigenvalue weighted by Gasteiger charge is -2.30. The summed E-state index contributed by atoms with van der Waals surface area (Å²) in [6.07, 6.45) is 5.35. The Morgan fingerprint density at radius 2 is 1.89 bits per heavy atom. The number of nitrogens with zero attached hydrogens (tertiary/aromatic N) is 4. The van der Waals surface area contributed by atoms with Gasteiger partial charge in [-0.3, -0.25) is 0 Å². The van der Waals surface area contributed by atoms with Gasteiger partial charge in [0, 0.05) is 13.1 Å². The van der Waals surface area contributed by atoms with Crippen LogP contribution in [0.3, 0.4) is 0 Å². The molecule has 0 bridgehead atoms. The van der Waals surface area contributed by atoms with Crippen LogP contribution in [0.15, 0.2) is 13.9 Å². The number of hydrogen-bond acceptors (Lipinski definition) is 8. The van der Waals surface area contributed by atoms with Crippen molar-refractivity contribution in [2.75, 3.05) is 13.1 Å². The number of hydrogen-bond donors (Lipinski definition) is 1. The van der Waals surface area contributed by atoms with Crippen molar-refractivity contribution in [2.24, 2.45) is 5.73 Å². The van der Waals surface area contributed by atoms with Gasteiger partial charge in [-0.15, -0.1) is 0 Å². The summed E-state index contributed by atoms with van der Waals surface area (Å²) >= 11 is 0. The maximum absolute atomic E-state index is 13.1. The minimum absolute atomic E-state index is 0.139. The molecule has 148 valence electrons. The molecular formula is C17H25N5O4S. The second kappa shape index (κ2) is 6.68. The molecule has 2 aromatic heterocycles. The molecule has 2 fully saturated rings. The first-order valence-electron chi connectivity index (χ1n) is 9.37. The van der Waals surface area contributed by atoms with E-state index in [-0.39, 0.29) is 10.8 Å². The van der Waals surface area contributed by atoms with Crippen LogP contribution in [0.25, 0.3) is 0 Å². The van der Waals surface area contributed by atoms with Gasteiger partial charge in [0.15, 0.2) is 11.6 Å². The van der Waals surface area contributed by atoms with Gasteiger partial charge < -0.3 is 14.8 Å². The van der Waals surface area contributed by atoms with Crippen LogP contribution in [0.1, 0.15) is 67.6 Å². The van der Waals surface area contributed by atoms with Crippen LogP contribution in [0.5, 0.6) is 0 Å². The first-order chi connectivity index (χ1) is 12.8. The first kappa shape index (κ1) is 18.6. The van der Waals surface area contributed by atoms with Crippen LogP contribution < -0.4 is 5.73 Å². The predicted molar refractivity (Wildman–Crippen MR) is 95.3 cm³/mol. The average molecular weight is 395 g/mol. The molecule has 1 aliphatic heterocycles. The molecule has 0 amide bonds. The Balaban J connectivity index is 1.56. The molecule has 3 heterocycles. The van der Waals surface area contributed by atoms with Gasteiger partial charge in [-0.1, -0.05) is 23.2 Å². The summed E-state index contributed by atoms with van der Waals surface area (Å²) in [6.45, 7) is 3.99. The highest BCUT2D eigenvalue weighted by Crippen LogP contribution is 2.36. The Hall–Kier alpha value is -1.78. The lowest BCUT2D eigenvalue weighted by atomic mass is 9.97. The fourth-order valence-electron chi connectivity index (χ4n) is 4.17. The van der Waals surface area contributed by atoms with Crippen LogP contribution in [0.4, 0.5) is 0 Å². The number of aromatic nitrogens is 3. The molecule has 27 heavy (non-hydrogen) atoms. The third kappa shape index (κ3) is 3.19. The predicted octanol–water partition coefficient (Wildman–Crippen LogP) is 1.97. The average Bonchev–Trinajstić information content (AvgIpc) is 3.36. The Morgan fingerprint density at radius 1 is 1.15 bits per heavy atom. The number of aryl methyl sites for hydroxylation is 2. The summed E-state index contributed by atoms with van der Waals surface area (Å²) in [5.41, 5.74) is 6.27. The van der Waals surface area contributed by atoms with Gasteiger partial charge in [0.25, 0.3) is 0 Å². The minimum atomic E-state index is -3.68. The van der Waals surface area contributed by atoms with Gasteiger partial charge in [-0.05, 0) is 39.5 Å². The van der Waals surface area contributed by atoms with E-state index in [1.165, 1.54) is 4.31 Å². The topological polar surface area (TPSA) is 128 Å². The summed E-state index contributed by atoms with van der Waals surface area (Å²) in [5.74, 6) is 1.18. The Labute approximate surface area is 158 Å². The van der Waals surface area contributed by atoms with Gasteiger partial charge in [-0.2, -0.15) is 9.29 Å². The van der Waals surface area contributed by atoms with Crippen molar-refractivity contribution < 1.29 is 17.5 Å². The highest BCUT2D eigenvalue weighted by Gasteiger charge is 2.39.